The number of rotatable bonds is 3. The third-order valence-electron chi connectivity index (χ3n) is 3.58. The highest BCUT2D eigenvalue weighted by Gasteiger charge is 2.31. The second-order valence-electron chi connectivity index (χ2n) is 5.02. The number of hydrogen-bond acceptors (Lipinski definition) is 5. The molecule has 0 saturated carbocycles. The van der Waals surface area contributed by atoms with E-state index in [0.29, 0.717) is 25.2 Å². The Morgan fingerprint density at radius 2 is 2.32 bits per heavy atom. The van der Waals surface area contributed by atoms with E-state index in [9.17, 15) is 4.79 Å². The summed E-state index contributed by atoms with van der Waals surface area (Å²) in [6.07, 6.45) is 1.62. The second-order valence-corrected chi connectivity index (χ2v) is 5.02. The molecule has 1 aliphatic heterocycles. The van der Waals surface area contributed by atoms with Gasteiger partial charge in [-0.05, 0) is 26.3 Å². The number of esters is 1. The fourth-order valence-corrected chi connectivity index (χ4v) is 2.14. The van der Waals surface area contributed by atoms with Gasteiger partial charge in [0, 0.05) is 12.0 Å². The van der Waals surface area contributed by atoms with Gasteiger partial charge in [0.2, 0.25) is 0 Å². The van der Waals surface area contributed by atoms with Crippen LogP contribution in [0.25, 0.3) is 0 Å². The Bertz CT molecular complexity index is 502. The standard InChI is InChI=1S/C14H20N2O3/c1-4-14(3)7-11-9(8-19-14)6-10(12(15)16-11)13(17)18-5-2/h6H,4-5,7-8H2,1-3H3,(H2,15,16)/t14-/m1/s1. The van der Waals surface area contributed by atoms with Crippen LogP contribution in [0, 0.1) is 0 Å². The van der Waals surface area contributed by atoms with Gasteiger partial charge in [-0.3, -0.25) is 0 Å². The summed E-state index contributed by atoms with van der Waals surface area (Å²) >= 11 is 0. The van der Waals surface area contributed by atoms with Crippen LogP contribution < -0.4 is 5.73 Å². The van der Waals surface area contributed by atoms with Gasteiger partial charge in [0.15, 0.2) is 0 Å². The number of carbonyl (C=O) groups is 1. The smallest absolute Gasteiger partial charge is 0.341 e. The van der Waals surface area contributed by atoms with Crippen LogP contribution in [0.15, 0.2) is 6.07 Å². The maximum absolute atomic E-state index is 11.8. The van der Waals surface area contributed by atoms with Crippen molar-refractivity contribution < 1.29 is 14.3 Å². The molecule has 0 amide bonds. The zero-order chi connectivity index (χ0) is 14.0. The lowest BCUT2D eigenvalue weighted by atomic mass is 9.91. The van der Waals surface area contributed by atoms with Gasteiger partial charge in [0.05, 0.1) is 24.5 Å². The number of anilines is 1. The Morgan fingerprint density at radius 3 is 2.95 bits per heavy atom. The van der Waals surface area contributed by atoms with E-state index in [4.69, 9.17) is 15.2 Å². The number of nitrogen functional groups attached to an aromatic ring is 1. The van der Waals surface area contributed by atoms with E-state index < -0.39 is 5.97 Å². The van der Waals surface area contributed by atoms with Crippen molar-refractivity contribution >= 4 is 11.8 Å². The van der Waals surface area contributed by atoms with Crippen LogP contribution in [-0.2, 0) is 22.5 Å². The summed E-state index contributed by atoms with van der Waals surface area (Å²) in [7, 11) is 0. The fraction of sp³-hybridized carbons (Fsp3) is 0.571. The highest BCUT2D eigenvalue weighted by atomic mass is 16.5. The van der Waals surface area contributed by atoms with Crippen molar-refractivity contribution in [3.05, 3.63) is 22.9 Å². The van der Waals surface area contributed by atoms with E-state index in [1.54, 1.807) is 13.0 Å². The zero-order valence-corrected chi connectivity index (χ0v) is 11.7. The van der Waals surface area contributed by atoms with Crippen molar-refractivity contribution in [1.82, 2.24) is 4.98 Å². The van der Waals surface area contributed by atoms with Gasteiger partial charge in [0.1, 0.15) is 11.4 Å². The molecule has 19 heavy (non-hydrogen) atoms. The minimum atomic E-state index is -0.431. The molecular weight excluding hydrogens is 244 g/mol. The van der Waals surface area contributed by atoms with Crippen molar-refractivity contribution in [3.8, 4) is 0 Å². The average molecular weight is 264 g/mol. The molecule has 0 aliphatic carbocycles. The molecule has 0 aromatic carbocycles. The molecule has 104 valence electrons. The molecule has 0 unspecified atom stereocenters. The van der Waals surface area contributed by atoms with E-state index in [0.717, 1.165) is 17.7 Å². The maximum Gasteiger partial charge on any atom is 0.341 e. The van der Waals surface area contributed by atoms with Gasteiger partial charge in [-0.25, -0.2) is 9.78 Å². The van der Waals surface area contributed by atoms with Crippen molar-refractivity contribution in [2.75, 3.05) is 12.3 Å². The summed E-state index contributed by atoms with van der Waals surface area (Å²) in [5.41, 5.74) is 7.82. The van der Waals surface area contributed by atoms with E-state index in [1.165, 1.54) is 0 Å². The number of fused-ring (bicyclic) bond motifs is 1. The number of aromatic nitrogens is 1. The predicted molar refractivity (Wildman–Crippen MR) is 71.8 cm³/mol. The van der Waals surface area contributed by atoms with E-state index in [2.05, 4.69) is 18.8 Å². The first-order chi connectivity index (χ1) is 8.99. The third kappa shape index (κ3) is 2.71. The van der Waals surface area contributed by atoms with Crippen molar-refractivity contribution in [2.24, 2.45) is 0 Å². The monoisotopic (exact) mass is 264 g/mol. The zero-order valence-electron chi connectivity index (χ0n) is 11.7. The lowest BCUT2D eigenvalue weighted by Crippen LogP contribution is -2.35. The molecule has 1 aromatic rings. The first-order valence-electron chi connectivity index (χ1n) is 6.58. The Hall–Kier alpha value is -1.62. The molecule has 2 N–H and O–H groups in total. The second kappa shape index (κ2) is 5.17. The molecule has 1 atom stereocenters. The average Bonchev–Trinajstić information content (AvgIpc) is 2.38. The number of pyridine rings is 1. The third-order valence-corrected chi connectivity index (χ3v) is 3.58. The highest BCUT2D eigenvalue weighted by Crippen LogP contribution is 2.31. The fourth-order valence-electron chi connectivity index (χ4n) is 2.14. The molecule has 1 aliphatic rings. The van der Waals surface area contributed by atoms with Gasteiger partial charge in [-0.1, -0.05) is 6.92 Å². The van der Waals surface area contributed by atoms with Crippen LogP contribution in [0.3, 0.4) is 0 Å². The Kier molecular flexibility index (Phi) is 3.75. The molecule has 2 rings (SSSR count). The summed E-state index contributed by atoms with van der Waals surface area (Å²) < 4.78 is 10.8. The normalized spacial score (nSPS) is 21.8. The van der Waals surface area contributed by atoms with Crippen LogP contribution >= 0.6 is 0 Å². The van der Waals surface area contributed by atoms with Crippen LogP contribution in [-0.4, -0.2) is 23.2 Å². The van der Waals surface area contributed by atoms with Gasteiger partial charge in [0.25, 0.3) is 0 Å². The summed E-state index contributed by atoms with van der Waals surface area (Å²) in [6.45, 7) is 6.68. The van der Waals surface area contributed by atoms with Gasteiger partial charge in [-0.15, -0.1) is 0 Å². The lowest BCUT2D eigenvalue weighted by Gasteiger charge is -2.34. The van der Waals surface area contributed by atoms with Gasteiger partial charge in [-0.2, -0.15) is 0 Å². The molecule has 2 heterocycles. The number of ether oxygens (including phenoxy) is 2. The van der Waals surface area contributed by atoms with Crippen LogP contribution in [0.5, 0.6) is 0 Å². The molecule has 0 saturated heterocycles. The summed E-state index contributed by atoms with van der Waals surface area (Å²) in [5.74, 6) is -0.198. The minimum absolute atomic E-state index is 0.197. The largest absolute Gasteiger partial charge is 0.462 e. The van der Waals surface area contributed by atoms with Crippen molar-refractivity contribution in [3.63, 3.8) is 0 Å². The molecule has 5 heteroatoms. The summed E-state index contributed by atoms with van der Waals surface area (Å²) in [4.78, 5) is 16.1. The SMILES string of the molecule is CCOC(=O)c1cc2c(nc1N)C[C@@](C)(CC)OC2. The van der Waals surface area contributed by atoms with E-state index in [1.807, 2.05) is 0 Å². The summed E-state index contributed by atoms with van der Waals surface area (Å²) in [6, 6.07) is 1.74. The molecule has 5 nitrogen and oxygen atoms in total. The van der Waals surface area contributed by atoms with Crippen LogP contribution in [0.2, 0.25) is 0 Å². The van der Waals surface area contributed by atoms with E-state index in [-0.39, 0.29) is 11.4 Å². The molecular formula is C14H20N2O3. The Balaban J connectivity index is 2.33. The van der Waals surface area contributed by atoms with Gasteiger partial charge < -0.3 is 15.2 Å². The first kappa shape index (κ1) is 13.8. The first-order valence-corrected chi connectivity index (χ1v) is 6.58. The number of hydrogen-bond donors (Lipinski definition) is 1. The maximum atomic E-state index is 11.8. The molecule has 0 radical (unpaired) electrons. The molecule has 0 spiro atoms. The van der Waals surface area contributed by atoms with Crippen LogP contribution in [0.1, 0.15) is 48.8 Å². The van der Waals surface area contributed by atoms with Crippen LogP contribution in [0.4, 0.5) is 5.82 Å². The van der Waals surface area contributed by atoms with Crippen molar-refractivity contribution in [2.45, 2.75) is 45.8 Å². The molecule has 0 bridgehead atoms. The molecule has 1 aromatic heterocycles. The Morgan fingerprint density at radius 1 is 1.58 bits per heavy atom. The summed E-state index contributed by atoms with van der Waals surface area (Å²) in [5, 5.41) is 0. The van der Waals surface area contributed by atoms with E-state index >= 15 is 0 Å². The predicted octanol–water partition coefficient (Wildman–Crippen LogP) is 2.08. The Labute approximate surface area is 113 Å². The highest BCUT2D eigenvalue weighted by molar-refractivity contribution is 5.94. The number of carbonyl (C=O) groups excluding carboxylic acids is 1. The van der Waals surface area contributed by atoms with Crippen molar-refractivity contribution in [1.29, 1.82) is 0 Å². The number of nitrogens with zero attached hydrogens (tertiary/aromatic N) is 1. The lowest BCUT2D eigenvalue weighted by molar-refractivity contribution is -0.0574. The number of nitrogens with two attached hydrogens (primary N) is 1. The van der Waals surface area contributed by atoms with Gasteiger partial charge >= 0.3 is 5.97 Å². The molecule has 0 fully saturated rings. The quantitative estimate of drug-likeness (QED) is 0.846. The minimum Gasteiger partial charge on any atom is -0.462 e. The topological polar surface area (TPSA) is 74.4 Å².